The van der Waals surface area contributed by atoms with Crippen LogP contribution < -0.4 is 5.73 Å². The largest absolute Gasteiger partial charge is 0.384 e. The van der Waals surface area contributed by atoms with Crippen molar-refractivity contribution in [2.24, 2.45) is 0 Å². The van der Waals surface area contributed by atoms with E-state index in [1.807, 2.05) is 37.3 Å². The SMILES string of the molecule is Cc1ccnc(N)c1C(O)c1cccc(Br)c1. The topological polar surface area (TPSA) is 59.1 Å². The predicted octanol–water partition coefficient (Wildman–Crippen LogP) is 2.82. The molecule has 0 aliphatic rings. The third kappa shape index (κ3) is 2.48. The van der Waals surface area contributed by atoms with Crippen molar-refractivity contribution >= 4 is 21.7 Å². The summed E-state index contributed by atoms with van der Waals surface area (Å²) in [4.78, 5) is 4.02. The molecule has 1 aromatic carbocycles. The lowest BCUT2D eigenvalue weighted by Gasteiger charge is -2.15. The number of rotatable bonds is 2. The van der Waals surface area contributed by atoms with E-state index in [1.165, 1.54) is 0 Å². The molecular weight excluding hydrogens is 280 g/mol. The highest BCUT2D eigenvalue weighted by atomic mass is 79.9. The predicted molar refractivity (Wildman–Crippen MR) is 71.6 cm³/mol. The van der Waals surface area contributed by atoms with E-state index in [2.05, 4.69) is 20.9 Å². The standard InChI is InChI=1S/C13H13BrN2O/c1-8-5-6-16-13(15)11(8)12(17)9-3-2-4-10(14)7-9/h2-7,12,17H,1H3,(H2,15,16). The van der Waals surface area contributed by atoms with Crippen molar-refractivity contribution in [1.82, 2.24) is 4.98 Å². The van der Waals surface area contributed by atoms with Gasteiger partial charge in [0.25, 0.3) is 0 Å². The van der Waals surface area contributed by atoms with E-state index < -0.39 is 6.10 Å². The number of nitrogens with zero attached hydrogens (tertiary/aromatic N) is 1. The molecule has 2 rings (SSSR count). The molecule has 0 fully saturated rings. The van der Waals surface area contributed by atoms with E-state index in [0.717, 1.165) is 15.6 Å². The number of anilines is 1. The first-order chi connectivity index (χ1) is 8.09. The highest BCUT2D eigenvalue weighted by Gasteiger charge is 2.16. The van der Waals surface area contributed by atoms with Crippen molar-refractivity contribution in [3.05, 3.63) is 57.7 Å². The molecule has 0 amide bonds. The molecule has 1 heterocycles. The number of hydrogen-bond acceptors (Lipinski definition) is 3. The van der Waals surface area contributed by atoms with Gasteiger partial charge in [-0.2, -0.15) is 0 Å². The second-order valence-corrected chi connectivity index (χ2v) is 4.80. The number of aryl methyl sites for hydroxylation is 1. The molecule has 0 saturated heterocycles. The number of aliphatic hydroxyl groups excluding tert-OH is 1. The molecule has 0 spiro atoms. The smallest absolute Gasteiger partial charge is 0.129 e. The third-order valence-corrected chi connectivity index (χ3v) is 3.17. The molecular formula is C13H13BrN2O. The van der Waals surface area contributed by atoms with Crippen molar-refractivity contribution in [2.45, 2.75) is 13.0 Å². The van der Waals surface area contributed by atoms with Gasteiger partial charge in [-0.25, -0.2) is 4.98 Å². The van der Waals surface area contributed by atoms with Crippen LogP contribution in [0.3, 0.4) is 0 Å². The lowest BCUT2D eigenvalue weighted by Crippen LogP contribution is -2.07. The van der Waals surface area contributed by atoms with Gasteiger partial charge in [-0.05, 0) is 36.2 Å². The fourth-order valence-electron chi connectivity index (χ4n) is 1.79. The molecule has 1 atom stereocenters. The molecule has 0 saturated carbocycles. The quantitative estimate of drug-likeness (QED) is 0.895. The Labute approximate surface area is 108 Å². The summed E-state index contributed by atoms with van der Waals surface area (Å²) < 4.78 is 0.925. The highest BCUT2D eigenvalue weighted by Crippen LogP contribution is 2.29. The number of halogens is 1. The molecule has 3 N–H and O–H groups in total. The Morgan fingerprint density at radius 1 is 1.35 bits per heavy atom. The van der Waals surface area contributed by atoms with Crippen LogP contribution in [0.4, 0.5) is 5.82 Å². The van der Waals surface area contributed by atoms with Crippen LogP contribution >= 0.6 is 15.9 Å². The van der Waals surface area contributed by atoms with Gasteiger partial charge in [0, 0.05) is 16.2 Å². The summed E-state index contributed by atoms with van der Waals surface area (Å²) in [6, 6.07) is 9.37. The lowest BCUT2D eigenvalue weighted by atomic mass is 9.98. The van der Waals surface area contributed by atoms with Gasteiger partial charge >= 0.3 is 0 Å². The van der Waals surface area contributed by atoms with Crippen LogP contribution in [0.25, 0.3) is 0 Å². The van der Waals surface area contributed by atoms with E-state index >= 15 is 0 Å². The Morgan fingerprint density at radius 3 is 2.76 bits per heavy atom. The zero-order chi connectivity index (χ0) is 12.4. The second kappa shape index (κ2) is 4.85. The number of aliphatic hydroxyl groups is 1. The van der Waals surface area contributed by atoms with E-state index in [0.29, 0.717) is 11.4 Å². The van der Waals surface area contributed by atoms with Crippen LogP contribution in [0.2, 0.25) is 0 Å². The molecule has 2 aromatic rings. The monoisotopic (exact) mass is 292 g/mol. The fourth-order valence-corrected chi connectivity index (χ4v) is 2.21. The van der Waals surface area contributed by atoms with Crippen molar-refractivity contribution < 1.29 is 5.11 Å². The van der Waals surface area contributed by atoms with Gasteiger partial charge in [-0.3, -0.25) is 0 Å². The number of nitrogen functional groups attached to an aromatic ring is 1. The average Bonchev–Trinajstić information content (AvgIpc) is 2.28. The zero-order valence-corrected chi connectivity index (χ0v) is 11.0. The molecule has 0 aliphatic carbocycles. The second-order valence-electron chi connectivity index (χ2n) is 3.88. The molecule has 3 nitrogen and oxygen atoms in total. The fraction of sp³-hybridized carbons (Fsp3) is 0.154. The van der Waals surface area contributed by atoms with Crippen LogP contribution in [-0.2, 0) is 0 Å². The van der Waals surface area contributed by atoms with Crippen LogP contribution in [0.5, 0.6) is 0 Å². The Hall–Kier alpha value is -1.39. The lowest BCUT2D eigenvalue weighted by molar-refractivity contribution is 0.220. The van der Waals surface area contributed by atoms with Crippen molar-refractivity contribution in [3.63, 3.8) is 0 Å². The number of hydrogen-bond donors (Lipinski definition) is 2. The summed E-state index contributed by atoms with van der Waals surface area (Å²) in [5, 5.41) is 10.3. The van der Waals surface area contributed by atoms with Gasteiger partial charge in [0.15, 0.2) is 0 Å². The summed E-state index contributed by atoms with van der Waals surface area (Å²) in [6.45, 7) is 1.91. The maximum atomic E-state index is 10.3. The van der Waals surface area contributed by atoms with Crippen molar-refractivity contribution in [2.75, 3.05) is 5.73 Å². The molecule has 0 bridgehead atoms. The van der Waals surface area contributed by atoms with E-state index in [4.69, 9.17) is 5.73 Å². The molecule has 1 aromatic heterocycles. The van der Waals surface area contributed by atoms with E-state index in [9.17, 15) is 5.11 Å². The zero-order valence-electron chi connectivity index (χ0n) is 9.39. The molecule has 0 aliphatic heterocycles. The molecule has 17 heavy (non-hydrogen) atoms. The first-order valence-corrected chi connectivity index (χ1v) is 6.03. The summed E-state index contributed by atoms with van der Waals surface area (Å²) in [5.41, 5.74) is 8.22. The maximum Gasteiger partial charge on any atom is 0.129 e. The van der Waals surface area contributed by atoms with E-state index in [-0.39, 0.29) is 0 Å². The number of benzene rings is 1. The van der Waals surface area contributed by atoms with Crippen molar-refractivity contribution in [3.8, 4) is 0 Å². The summed E-state index contributed by atoms with van der Waals surface area (Å²) in [7, 11) is 0. The van der Waals surface area contributed by atoms with Crippen LogP contribution in [0.15, 0.2) is 41.0 Å². The molecule has 1 unspecified atom stereocenters. The third-order valence-electron chi connectivity index (χ3n) is 2.68. The Morgan fingerprint density at radius 2 is 2.12 bits per heavy atom. The summed E-state index contributed by atoms with van der Waals surface area (Å²) >= 11 is 3.38. The average molecular weight is 293 g/mol. The van der Waals surface area contributed by atoms with E-state index in [1.54, 1.807) is 6.20 Å². The first-order valence-electron chi connectivity index (χ1n) is 5.24. The minimum Gasteiger partial charge on any atom is -0.384 e. The van der Waals surface area contributed by atoms with Crippen molar-refractivity contribution in [1.29, 1.82) is 0 Å². The highest BCUT2D eigenvalue weighted by molar-refractivity contribution is 9.10. The number of pyridine rings is 1. The number of nitrogens with two attached hydrogens (primary N) is 1. The Balaban J connectivity index is 2.47. The first kappa shape index (κ1) is 12.1. The molecule has 88 valence electrons. The normalized spacial score (nSPS) is 12.4. The molecule has 4 heteroatoms. The van der Waals surface area contributed by atoms with Gasteiger partial charge in [0.1, 0.15) is 11.9 Å². The van der Waals surface area contributed by atoms with Crippen LogP contribution in [0, 0.1) is 6.92 Å². The molecule has 0 radical (unpaired) electrons. The Kier molecular flexibility index (Phi) is 3.45. The Bertz CT molecular complexity index is 522. The van der Waals surface area contributed by atoms with Crippen LogP contribution in [-0.4, -0.2) is 10.1 Å². The van der Waals surface area contributed by atoms with Gasteiger partial charge in [0.05, 0.1) is 0 Å². The van der Waals surface area contributed by atoms with Gasteiger partial charge in [0.2, 0.25) is 0 Å². The summed E-state index contributed by atoms with van der Waals surface area (Å²) in [6.07, 6.45) is 0.892. The minimum absolute atomic E-state index is 0.373. The van der Waals surface area contributed by atoms with Gasteiger partial charge in [-0.1, -0.05) is 28.1 Å². The number of aromatic nitrogens is 1. The van der Waals surface area contributed by atoms with Gasteiger partial charge < -0.3 is 10.8 Å². The van der Waals surface area contributed by atoms with Gasteiger partial charge in [-0.15, -0.1) is 0 Å². The summed E-state index contributed by atoms with van der Waals surface area (Å²) in [5.74, 6) is 0.373. The minimum atomic E-state index is -0.749. The maximum absolute atomic E-state index is 10.3. The van der Waals surface area contributed by atoms with Crippen LogP contribution in [0.1, 0.15) is 22.8 Å².